The van der Waals surface area contributed by atoms with E-state index in [-0.39, 0.29) is 18.6 Å². The number of esters is 1. The van der Waals surface area contributed by atoms with E-state index in [1.54, 1.807) is 18.2 Å². The van der Waals surface area contributed by atoms with Crippen LogP contribution in [0.5, 0.6) is 11.5 Å². The minimum absolute atomic E-state index is 0.257. The zero-order chi connectivity index (χ0) is 17.4. The van der Waals surface area contributed by atoms with Crippen LogP contribution in [-0.4, -0.2) is 37.7 Å². The first-order valence-corrected chi connectivity index (χ1v) is 8.16. The van der Waals surface area contributed by atoms with Gasteiger partial charge < -0.3 is 19.5 Å². The molecule has 0 radical (unpaired) electrons. The molecule has 2 rings (SSSR count). The average Bonchev–Trinajstić information content (AvgIpc) is 3.37. The first-order valence-electron chi connectivity index (χ1n) is 8.16. The van der Waals surface area contributed by atoms with Crippen LogP contribution in [0.3, 0.4) is 0 Å². The molecule has 0 aliphatic heterocycles. The summed E-state index contributed by atoms with van der Waals surface area (Å²) in [6.45, 7) is 4.60. The van der Waals surface area contributed by atoms with Crippen molar-refractivity contribution in [3.05, 3.63) is 29.8 Å². The summed E-state index contributed by atoms with van der Waals surface area (Å²) in [4.78, 5) is 23.1. The first-order chi connectivity index (χ1) is 11.6. The van der Waals surface area contributed by atoms with Crippen LogP contribution in [0.4, 0.5) is 0 Å². The maximum Gasteiger partial charge on any atom is 0.331 e. The summed E-state index contributed by atoms with van der Waals surface area (Å²) in [6, 6.07) is 5.66. The Labute approximate surface area is 141 Å². The lowest BCUT2D eigenvalue weighted by Crippen LogP contribution is -2.30. The molecule has 0 bridgehead atoms. The van der Waals surface area contributed by atoms with Crippen molar-refractivity contribution in [3.8, 4) is 11.5 Å². The molecule has 0 saturated heterocycles. The third-order valence-electron chi connectivity index (χ3n) is 3.27. The summed E-state index contributed by atoms with van der Waals surface area (Å²) < 4.78 is 15.9. The van der Waals surface area contributed by atoms with Crippen LogP contribution < -0.4 is 14.8 Å². The lowest BCUT2D eigenvalue weighted by atomic mass is 10.2. The Morgan fingerprint density at radius 2 is 1.88 bits per heavy atom. The Hall–Kier alpha value is -2.50. The third kappa shape index (κ3) is 5.95. The molecule has 0 spiro atoms. The molecule has 0 unspecified atom stereocenters. The summed E-state index contributed by atoms with van der Waals surface area (Å²) >= 11 is 0. The van der Waals surface area contributed by atoms with Crippen LogP contribution in [0.25, 0.3) is 6.08 Å². The topological polar surface area (TPSA) is 73.9 Å². The number of carbonyl (C=O) groups is 2. The maximum absolute atomic E-state index is 11.7. The van der Waals surface area contributed by atoms with Crippen molar-refractivity contribution in [3.63, 3.8) is 0 Å². The quantitative estimate of drug-likeness (QED) is 0.554. The van der Waals surface area contributed by atoms with Crippen LogP contribution in [0.1, 0.15) is 32.3 Å². The molecular formula is C18H23NO5. The van der Waals surface area contributed by atoms with Crippen molar-refractivity contribution < 1.29 is 23.8 Å². The summed E-state index contributed by atoms with van der Waals surface area (Å²) in [5, 5.41) is 2.75. The normalized spacial score (nSPS) is 13.6. The van der Waals surface area contributed by atoms with Gasteiger partial charge in [0.1, 0.15) is 0 Å². The van der Waals surface area contributed by atoms with Crippen molar-refractivity contribution in [2.24, 2.45) is 0 Å². The van der Waals surface area contributed by atoms with Gasteiger partial charge in [0, 0.05) is 12.1 Å². The van der Waals surface area contributed by atoms with E-state index in [0.717, 1.165) is 18.4 Å². The van der Waals surface area contributed by atoms with E-state index in [0.29, 0.717) is 24.7 Å². The largest absolute Gasteiger partial charge is 0.490 e. The first kappa shape index (κ1) is 17.8. The van der Waals surface area contributed by atoms with Crippen molar-refractivity contribution in [2.45, 2.75) is 32.7 Å². The number of carbonyl (C=O) groups excluding carboxylic acids is 2. The molecule has 1 aliphatic carbocycles. The van der Waals surface area contributed by atoms with Gasteiger partial charge in [-0.15, -0.1) is 0 Å². The fourth-order valence-electron chi connectivity index (χ4n) is 2.02. The van der Waals surface area contributed by atoms with Gasteiger partial charge in [0.15, 0.2) is 18.1 Å². The zero-order valence-electron chi connectivity index (χ0n) is 14.0. The van der Waals surface area contributed by atoms with Crippen LogP contribution in [-0.2, 0) is 14.3 Å². The predicted molar refractivity (Wildman–Crippen MR) is 89.9 cm³/mol. The molecule has 130 valence electrons. The van der Waals surface area contributed by atoms with Crippen molar-refractivity contribution in [2.75, 3.05) is 19.8 Å². The molecule has 6 nitrogen and oxygen atoms in total. The number of hydrogen-bond acceptors (Lipinski definition) is 5. The number of nitrogens with one attached hydrogen (secondary N) is 1. The number of hydrogen-bond donors (Lipinski definition) is 1. The van der Waals surface area contributed by atoms with Gasteiger partial charge in [-0.1, -0.05) is 6.07 Å². The molecule has 1 fully saturated rings. The van der Waals surface area contributed by atoms with Crippen molar-refractivity contribution in [1.29, 1.82) is 0 Å². The molecule has 1 N–H and O–H groups in total. The Balaban J connectivity index is 1.88. The summed E-state index contributed by atoms with van der Waals surface area (Å²) in [5.41, 5.74) is 0.779. The fourth-order valence-corrected chi connectivity index (χ4v) is 2.02. The number of ether oxygens (including phenoxy) is 3. The highest BCUT2D eigenvalue weighted by molar-refractivity contribution is 5.89. The third-order valence-corrected chi connectivity index (χ3v) is 3.27. The smallest absolute Gasteiger partial charge is 0.331 e. The van der Waals surface area contributed by atoms with Crippen LogP contribution in [0.15, 0.2) is 24.3 Å². The highest BCUT2D eigenvalue weighted by Gasteiger charge is 2.23. The van der Waals surface area contributed by atoms with Gasteiger partial charge in [0.25, 0.3) is 5.91 Å². The van der Waals surface area contributed by atoms with Crippen molar-refractivity contribution in [1.82, 2.24) is 5.32 Å². The van der Waals surface area contributed by atoms with Gasteiger partial charge in [-0.3, -0.25) is 4.79 Å². The fraction of sp³-hybridized carbons (Fsp3) is 0.444. The molecule has 0 aromatic heterocycles. The molecule has 1 aromatic carbocycles. The highest BCUT2D eigenvalue weighted by Crippen LogP contribution is 2.29. The van der Waals surface area contributed by atoms with Gasteiger partial charge in [0.2, 0.25) is 0 Å². The molecule has 1 amide bonds. The monoisotopic (exact) mass is 333 g/mol. The molecular weight excluding hydrogens is 310 g/mol. The van der Waals surface area contributed by atoms with Crippen LogP contribution in [0, 0.1) is 0 Å². The molecule has 6 heteroatoms. The minimum atomic E-state index is -0.562. The van der Waals surface area contributed by atoms with E-state index < -0.39 is 5.97 Å². The van der Waals surface area contributed by atoms with E-state index in [1.807, 2.05) is 19.9 Å². The SMILES string of the molecule is CCOc1ccc(/C=C/C(=O)OCC(=O)NC2CC2)cc1OCC. The Morgan fingerprint density at radius 1 is 1.17 bits per heavy atom. The number of rotatable bonds is 9. The summed E-state index contributed by atoms with van der Waals surface area (Å²) in [6.07, 6.45) is 4.90. The van der Waals surface area contributed by atoms with E-state index in [9.17, 15) is 9.59 Å². The van der Waals surface area contributed by atoms with Gasteiger partial charge >= 0.3 is 5.97 Å². The molecule has 0 heterocycles. The van der Waals surface area contributed by atoms with E-state index in [1.165, 1.54) is 6.08 Å². The predicted octanol–water partition coefficient (Wildman–Crippen LogP) is 2.32. The van der Waals surface area contributed by atoms with Crippen LogP contribution >= 0.6 is 0 Å². The second kappa shape index (κ2) is 8.96. The lowest BCUT2D eigenvalue weighted by Gasteiger charge is -2.11. The summed E-state index contributed by atoms with van der Waals surface area (Å²) in [7, 11) is 0. The van der Waals surface area contributed by atoms with E-state index >= 15 is 0 Å². The standard InChI is InChI=1S/C18H23NO5/c1-3-22-15-9-5-13(11-16(15)23-4-2)6-10-18(21)24-12-17(20)19-14-7-8-14/h5-6,9-11,14H,3-4,7-8,12H2,1-2H3,(H,19,20)/b10-6+. The van der Waals surface area contributed by atoms with Gasteiger partial charge in [-0.25, -0.2) is 4.79 Å². The maximum atomic E-state index is 11.7. The Kier molecular flexibility index (Phi) is 6.66. The molecule has 1 saturated carbocycles. The Bertz CT molecular complexity index is 607. The molecule has 1 aliphatic rings. The highest BCUT2D eigenvalue weighted by atomic mass is 16.5. The average molecular weight is 333 g/mol. The lowest BCUT2D eigenvalue weighted by molar-refractivity contribution is -0.143. The van der Waals surface area contributed by atoms with Crippen LogP contribution in [0.2, 0.25) is 0 Å². The van der Waals surface area contributed by atoms with E-state index in [4.69, 9.17) is 14.2 Å². The van der Waals surface area contributed by atoms with Gasteiger partial charge in [-0.05, 0) is 50.5 Å². The van der Waals surface area contributed by atoms with Crippen molar-refractivity contribution >= 4 is 18.0 Å². The Morgan fingerprint density at radius 3 is 2.54 bits per heavy atom. The van der Waals surface area contributed by atoms with Gasteiger partial charge in [0.05, 0.1) is 13.2 Å². The molecule has 24 heavy (non-hydrogen) atoms. The second-order valence-corrected chi connectivity index (χ2v) is 5.36. The summed E-state index contributed by atoms with van der Waals surface area (Å²) in [5.74, 6) is 0.459. The minimum Gasteiger partial charge on any atom is -0.490 e. The second-order valence-electron chi connectivity index (χ2n) is 5.36. The molecule has 0 atom stereocenters. The number of amides is 1. The number of benzene rings is 1. The molecule has 1 aromatic rings. The van der Waals surface area contributed by atoms with Gasteiger partial charge in [-0.2, -0.15) is 0 Å². The van der Waals surface area contributed by atoms with E-state index in [2.05, 4.69) is 5.32 Å². The zero-order valence-corrected chi connectivity index (χ0v) is 14.0.